The lowest BCUT2D eigenvalue weighted by Crippen LogP contribution is -2.49. The molecule has 0 aliphatic carbocycles. The number of benzene rings is 5. The Morgan fingerprint density at radius 1 is 0.425 bits per heavy atom. The van der Waals surface area contributed by atoms with Crippen molar-refractivity contribution in [3.05, 3.63) is 139 Å². The number of hydrogen-bond acceptors (Lipinski definition) is 4. The molecule has 202 valence electrons. The van der Waals surface area contributed by atoms with Gasteiger partial charge in [0.1, 0.15) is 0 Å². The average molecular weight is 545 g/mol. The highest BCUT2D eigenvalue weighted by Crippen LogP contribution is 2.38. The SMILES string of the molecule is CO[Si](C)(OC)c1ccc(N(c2ccccc2)c2ccc(N(c3ccc(C)cc3)c3ccc(C)cc3)cc2)cc1. The van der Waals surface area contributed by atoms with Gasteiger partial charge in [-0.3, -0.25) is 0 Å². The molecule has 0 amide bonds. The lowest BCUT2D eigenvalue weighted by Gasteiger charge is -2.29. The van der Waals surface area contributed by atoms with Crippen LogP contribution in [0.1, 0.15) is 11.1 Å². The van der Waals surface area contributed by atoms with E-state index >= 15 is 0 Å². The normalized spacial score (nSPS) is 11.3. The van der Waals surface area contributed by atoms with Gasteiger partial charge in [-0.05, 0) is 98.4 Å². The number of anilines is 6. The van der Waals surface area contributed by atoms with E-state index in [2.05, 4.69) is 152 Å². The average Bonchev–Trinajstić information content (AvgIpc) is 3.00. The zero-order chi connectivity index (χ0) is 28.1. The molecule has 0 N–H and O–H groups in total. The first-order valence-corrected chi connectivity index (χ1v) is 15.8. The van der Waals surface area contributed by atoms with Crippen LogP contribution in [0.4, 0.5) is 34.1 Å². The van der Waals surface area contributed by atoms with Gasteiger partial charge < -0.3 is 18.7 Å². The first-order valence-electron chi connectivity index (χ1n) is 13.5. The van der Waals surface area contributed by atoms with E-state index in [9.17, 15) is 0 Å². The van der Waals surface area contributed by atoms with Crippen LogP contribution in [0.5, 0.6) is 0 Å². The highest BCUT2D eigenvalue weighted by Gasteiger charge is 2.31. The van der Waals surface area contributed by atoms with Gasteiger partial charge in [0, 0.05) is 48.3 Å². The Morgan fingerprint density at radius 3 is 1.07 bits per heavy atom. The standard InChI is InChI=1S/C35H36N2O2Si/c1-27-11-15-30(16-12-27)37(31-17-13-28(2)14-18-31)33-21-19-32(20-22-33)36(29-9-7-6-8-10-29)34-23-25-35(26-24-34)40(5,38-3)39-4/h6-26H,1-5H3. The minimum absolute atomic E-state index is 1.07. The number of aryl methyl sites for hydroxylation is 2. The van der Waals surface area contributed by atoms with Crippen LogP contribution in [0.3, 0.4) is 0 Å². The van der Waals surface area contributed by atoms with Crippen molar-refractivity contribution in [1.29, 1.82) is 0 Å². The summed E-state index contributed by atoms with van der Waals surface area (Å²) in [4.78, 5) is 4.57. The minimum Gasteiger partial charge on any atom is -0.394 e. The van der Waals surface area contributed by atoms with E-state index in [-0.39, 0.29) is 0 Å². The van der Waals surface area contributed by atoms with Crippen LogP contribution in [0.15, 0.2) is 127 Å². The smallest absolute Gasteiger partial charge is 0.368 e. The Morgan fingerprint density at radius 2 is 0.725 bits per heavy atom. The van der Waals surface area contributed by atoms with Crippen molar-refractivity contribution < 1.29 is 8.85 Å². The molecule has 0 spiro atoms. The number of para-hydroxylation sites is 1. The van der Waals surface area contributed by atoms with Crippen LogP contribution in [-0.2, 0) is 8.85 Å². The molecule has 0 unspecified atom stereocenters. The van der Waals surface area contributed by atoms with Crippen LogP contribution in [0.25, 0.3) is 0 Å². The fourth-order valence-electron chi connectivity index (χ4n) is 4.84. The molecule has 4 nitrogen and oxygen atoms in total. The summed E-state index contributed by atoms with van der Waals surface area (Å²) < 4.78 is 11.5. The summed E-state index contributed by atoms with van der Waals surface area (Å²) in [5.74, 6) is 0. The van der Waals surface area contributed by atoms with Crippen LogP contribution in [-0.4, -0.2) is 22.8 Å². The fourth-order valence-corrected chi connectivity index (χ4v) is 6.25. The van der Waals surface area contributed by atoms with E-state index in [0.29, 0.717) is 0 Å². The molecule has 0 saturated heterocycles. The largest absolute Gasteiger partial charge is 0.394 e. The van der Waals surface area contributed by atoms with Crippen molar-refractivity contribution in [3.8, 4) is 0 Å². The highest BCUT2D eigenvalue weighted by atomic mass is 28.4. The van der Waals surface area contributed by atoms with Crippen LogP contribution >= 0.6 is 0 Å². The van der Waals surface area contributed by atoms with E-state index in [1.807, 2.05) is 6.07 Å². The molecule has 5 aromatic carbocycles. The molecule has 0 atom stereocenters. The van der Waals surface area contributed by atoms with E-state index in [4.69, 9.17) is 8.85 Å². The maximum absolute atomic E-state index is 5.76. The lowest BCUT2D eigenvalue weighted by molar-refractivity contribution is 0.265. The van der Waals surface area contributed by atoms with E-state index in [0.717, 1.165) is 39.3 Å². The summed E-state index contributed by atoms with van der Waals surface area (Å²) in [6.07, 6.45) is 0. The lowest BCUT2D eigenvalue weighted by atomic mass is 10.1. The number of hydrogen-bond donors (Lipinski definition) is 0. The van der Waals surface area contributed by atoms with Crippen molar-refractivity contribution >= 4 is 47.9 Å². The fraction of sp³-hybridized carbons (Fsp3) is 0.143. The van der Waals surface area contributed by atoms with Gasteiger partial charge in [-0.25, -0.2) is 0 Å². The summed E-state index contributed by atoms with van der Waals surface area (Å²) in [5, 5.41) is 1.09. The van der Waals surface area contributed by atoms with Gasteiger partial charge in [0.2, 0.25) is 0 Å². The van der Waals surface area contributed by atoms with Crippen molar-refractivity contribution in [2.75, 3.05) is 24.0 Å². The molecule has 40 heavy (non-hydrogen) atoms. The topological polar surface area (TPSA) is 24.9 Å². The van der Waals surface area contributed by atoms with Gasteiger partial charge in [-0.1, -0.05) is 65.7 Å². The predicted octanol–water partition coefficient (Wildman–Crippen LogP) is 8.81. The van der Waals surface area contributed by atoms with E-state index in [1.54, 1.807) is 14.2 Å². The molecular weight excluding hydrogens is 508 g/mol. The van der Waals surface area contributed by atoms with Crippen molar-refractivity contribution in [3.63, 3.8) is 0 Å². The zero-order valence-corrected chi connectivity index (χ0v) is 24.8. The third kappa shape index (κ3) is 5.72. The van der Waals surface area contributed by atoms with E-state index < -0.39 is 8.56 Å². The first kappa shape index (κ1) is 27.4. The summed E-state index contributed by atoms with van der Waals surface area (Å²) in [6.45, 7) is 6.29. The Labute approximate surface area is 239 Å². The number of rotatable bonds is 9. The molecule has 0 heterocycles. The van der Waals surface area contributed by atoms with Gasteiger partial charge in [0.15, 0.2) is 0 Å². The molecule has 0 fully saturated rings. The Balaban J connectivity index is 1.55. The van der Waals surface area contributed by atoms with Crippen LogP contribution in [0.2, 0.25) is 6.55 Å². The molecule has 5 heteroatoms. The molecule has 5 aromatic rings. The quantitative estimate of drug-likeness (QED) is 0.173. The molecule has 0 bridgehead atoms. The van der Waals surface area contributed by atoms with Gasteiger partial charge in [-0.15, -0.1) is 0 Å². The third-order valence-electron chi connectivity index (χ3n) is 7.39. The molecule has 0 radical (unpaired) electrons. The van der Waals surface area contributed by atoms with Gasteiger partial charge in [0.05, 0.1) is 0 Å². The Kier molecular flexibility index (Phi) is 8.17. The first-order chi connectivity index (χ1) is 19.4. The highest BCUT2D eigenvalue weighted by molar-refractivity contribution is 6.79. The molecule has 0 aliphatic heterocycles. The second-order valence-corrected chi connectivity index (χ2v) is 13.4. The minimum atomic E-state index is -2.41. The Bertz CT molecular complexity index is 1470. The van der Waals surface area contributed by atoms with Gasteiger partial charge in [-0.2, -0.15) is 0 Å². The number of nitrogens with zero attached hydrogens (tertiary/aromatic N) is 2. The van der Waals surface area contributed by atoms with Gasteiger partial charge >= 0.3 is 8.56 Å². The van der Waals surface area contributed by atoms with Crippen molar-refractivity contribution in [1.82, 2.24) is 0 Å². The van der Waals surface area contributed by atoms with Crippen LogP contribution < -0.4 is 15.0 Å². The summed E-state index contributed by atoms with van der Waals surface area (Å²) >= 11 is 0. The van der Waals surface area contributed by atoms with Crippen LogP contribution in [0, 0.1) is 13.8 Å². The molecule has 0 aromatic heterocycles. The summed E-state index contributed by atoms with van der Waals surface area (Å²) in [7, 11) is 1.03. The Hall–Kier alpha value is -4.16. The summed E-state index contributed by atoms with van der Waals surface area (Å²) in [6, 6.07) is 45.1. The molecule has 0 saturated carbocycles. The zero-order valence-electron chi connectivity index (χ0n) is 23.8. The maximum atomic E-state index is 5.76. The van der Waals surface area contributed by atoms with Crippen molar-refractivity contribution in [2.24, 2.45) is 0 Å². The third-order valence-corrected chi connectivity index (χ3v) is 10.3. The monoisotopic (exact) mass is 544 g/mol. The second-order valence-electron chi connectivity index (χ2n) is 10.1. The molecule has 0 aliphatic rings. The van der Waals surface area contributed by atoms with Crippen molar-refractivity contribution in [2.45, 2.75) is 20.4 Å². The van der Waals surface area contributed by atoms with Gasteiger partial charge in [0.25, 0.3) is 0 Å². The summed E-state index contributed by atoms with van der Waals surface area (Å²) in [5.41, 5.74) is 9.08. The maximum Gasteiger partial charge on any atom is 0.368 e. The molecular formula is C35H36N2O2Si. The molecule has 5 rings (SSSR count). The second kappa shape index (κ2) is 11.9. The van der Waals surface area contributed by atoms with E-state index in [1.165, 1.54) is 11.1 Å². The predicted molar refractivity (Wildman–Crippen MR) is 171 cm³/mol.